The number of hydrogen-bond donors (Lipinski definition) is 1. The number of benzene rings is 2. The minimum Gasteiger partial charge on any atom is -0.493 e. The van der Waals surface area contributed by atoms with E-state index in [1.54, 1.807) is 45.7 Å². The Labute approximate surface area is 196 Å². The lowest BCUT2D eigenvalue weighted by Gasteiger charge is -2.13. The van der Waals surface area contributed by atoms with Crippen molar-refractivity contribution in [2.45, 2.75) is 13.5 Å². The van der Waals surface area contributed by atoms with Gasteiger partial charge >= 0.3 is 5.97 Å². The summed E-state index contributed by atoms with van der Waals surface area (Å²) in [6.45, 7) is 2.49. The lowest BCUT2D eigenvalue weighted by molar-refractivity contribution is 0.0527. The number of methoxy groups -OCH3 is 2. The molecule has 0 spiro atoms. The fourth-order valence-electron chi connectivity index (χ4n) is 3.40. The van der Waals surface area contributed by atoms with Gasteiger partial charge < -0.3 is 19.5 Å². The third-order valence-electron chi connectivity index (χ3n) is 5.05. The van der Waals surface area contributed by atoms with E-state index in [1.165, 1.54) is 0 Å². The van der Waals surface area contributed by atoms with Gasteiger partial charge in [-0.05, 0) is 36.8 Å². The molecule has 2 aromatic carbocycles. The molecule has 170 valence electrons. The molecule has 0 bridgehead atoms. The summed E-state index contributed by atoms with van der Waals surface area (Å²) < 4.78 is 17.8. The van der Waals surface area contributed by atoms with Crippen LogP contribution < -0.4 is 14.8 Å². The number of nitrogens with one attached hydrogen (secondary N) is 1. The first-order chi connectivity index (χ1) is 16.0. The second-order valence-corrected chi connectivity index (χ2v) is 7.51. The number of aromatic nitrogens is 3. The molecule has 0 saturated heterocycles. The molecule has 2 heterocycles. The average molecular weight is 467 g/mol. The van der Waals surface area contributed by atoms with Crippen molar-refractivity contribution in [1.29, 1.82) is 0 Å². The van der Waals surface area contributed by atoms with Crippen LogP contribution in [-0.2, 0) is 11.3 Å². The van der Waals surface area contributed by atoms with Crippen LogP contribution in [0.15, 0.2) is 54.9 Å². The fraction of sp³-hybridized carbons (Fsp3) is 0.208. The highest BCUT2D eigenvalue weighted by Crippen LogP contribution is 2.32. The number of imidazole rings is 1. The van der Waals surface area contributed by atoms with E-state index >= 15 is 0 Å². The van der Waals surface area contributed by atoms with E-state index in [2.05, 4.69) is 10.3 Å². The van der Waals surface area contributed by atoms with Gasteiger partial charge in [-0.15, -0.1) is 0 Å². The first kappa shape index (κ1) is 22.4. The van der Waals surface area contributed by atoms with Gasteiger partial charge in [0.05, 0.1) is 31.9 Å². The summed E-state index contributed by atoms with van der Waals surface area (Å²) in [6.07, 6.45) is 1.67. The average Bonchev–Trinajstić information content (AvgIpc) is 3.25. The summed E-state index contributed by atoms with van der Waals surface area (Å²) in [5, 5.41) is 3.90. The van der Waals surface area contributed by atoms with Crippen molar-refractivity contribution in [1.82, 2.24) is 14.5 Å². The Balaban J connectivity index is 1.74. The van der Waals surface area contributed by atoms with E-state index in [1.807, 2.05) is 34.9 Å². The highest BCUT2D eigenvalue weighted by atomic mass is 35.5. The van der Waals surface area contributed by atoms with Gasteiger partial charge in [0.25, 0.3) is 0 Å². The van der Waals surface area contributed by atoms with Gasteiger partial charge in [-0.1, -0.05) is 23.7 Å². The molecule has 0 amide bonds. The maximum atomic E-state index is 12.5. The summed E-state index contributed by atoms with van der Waals surface area (Å²) in [5.41, 5.74) is 2.84. The Morgan fingerprint density at radius 3 is 2.48 bits per heavy atom. The van der Waals surface area contributed by atoms with Crippen LogP contribution in [-0.4, -0.2) is 41.3 Å². The second kappa shape index (κ2) is 9.79. The van der Waals surface area contributed by atoms with Crippen molar-refractivity contribution in [2.24, 2.45) is 0 Å². The summed E-state index contributed by atoms with van der Waals surface area (Å²) in [5.74, 6) is 1.71. The number of carbonyl (C=O) groups excluding carboxylic acids is 1. The predicted molar refractivity (Wildman–Crippen MR) is 127 cm³/mol. The molecule has 0 aliphatic heterocycles. The molecule has 1 N–H and O–H groups in total. The summed E-state index contributed by atoms with van der Waals surface area (Å²) in [6, 6.07) is 14.5. The number of halogens is 1. The molecule has 0 fully saturated rings. The second-order valence-electron chi connectivity index (χ2n) is 7.08. The van der Waals surface area contributed by atoms with Gasteiger partial charge in [0, 0.05) is 23.7 Å². The molecular formula is C24H23ClN4O4. The maximum absolute atomic E-state index is 12.5. The zero-order valence-corrected chi connectivity index (χ0v) is 19.2. The molecule has 9 heteroatoms. The van der Waals surface area contributed by atoms with Gasteiger partial charge in [-0.25, -0.2) is 14.8 Å². The summed E-state index contributed by atoms with van der Waals surface area (Å²) in [4.78, 5) is 21.7. The van der Waals surface area contributed by atoms with Crippen LogP contribution in [0.2, 0.25) is 5.02 Å². The molecule has 4 aromatic rings. The number of esters is 1. The largest absolute Gasteiger partial charge is 0.493 e. The standard InChI is InChI=1S/C24H23ClN4O4/c1-4-33-24(30)17-9-10-22(28-23(17)26-13-15-5-7-16(25)8-6-15)29-14-27-18-11-20(31-2)21(32-3)12-19(18)29/h5-12,14H,4,13H2,1-3H3,(H,26,28). The Hall–Kier alpha value is -3.78. The number of nitrogens with zero attached hydrogens (tertiary/aromatic N) is 3. The van der Waals surface area contributed by atoms with E-state index < -0.39 is 5.97 Å². The van der Waals surface area contributed by atoms with Crippen molar-refractivity contribution in [3.63, 3.8) is 0 Å². The number of fused-ring (bicyclic) bond motifs is 1. The number of ether oxygens (including phenoxy) is 3. The smallest absolute Gasteiger partial charge is 0.341 e. The fourth-order valence-corrected chi connectivity index (χ4v) is 3.52. The molecule has 0 atom stereocenters. The van der Waals surface area contributed by atoms with E-state index in [0.717, 1.165) is 16.6 Å². The van der Waals surface area contributed by atoms with Crippen molar-refractivity contribution >= 4 is 34.4 Å². The number of pyridine rings is 1. The third kappa shape index (κ3) is 4.70. The topological polar surface area (TPSA) is 87.5 Å². The quantitative estimate of drug-likeness (QED) is 0.370. The van der Waals surface area contributed by atoms with Gasteiger partial charge in [0.15, 0.2) is 11.5 Å². The predicted octanol–water partition coefficient (Wildman–Crippen LogP) is 4.88. The van der Waals surface area contributed by atoms with Crippen LogP contribution in [0.4, 0.5) is 5.82 Å². The molecule has 0 unspecified atom stereocenters. The van der Waals surface area contributed by atoms with E-state index in [4.69, 9.17) is 30.8 Å². The first-order valence-electron chi connectivity index (χ1n) is 10.3. The van der Waals surface area contributed by atoms with E-state index in [0.29, 0.717) is 40.3 Å². The molecule has 0 radical (unpaired) electrons. The highest BCUT2D eigenvalue weighted by molar-refractivity contribution is 6.30. The Bertz CT molecular complexity index is 1290. The van der Waals surface area contributed by atoms with Crippen LogP contribution in [0.1, 0.15) is 22.8 Å². The Morgan fingerprint density at radius 2 is 1.79 bits per heavy atom. The molecule has 8 nitrogen and oxygen atoms in total. The van der Waals surface area contributed by atoms with Crippen LogP contribution in [0.5, 0.6) is 11.5 Å². The van der Waals surface area contributed by atoms with Crippen molar-refractivity contribution in [2.75, 3.05) is 26.1 Å². The lowest BCUT2D eigenvalue weighted by Crippen LogP contribution is -2.13. The third-order valence-corrected chi connectivity index (χ3v) is 5.30. The summed E-state index contributed by atoms with van der Waals surface area (Å²) >= 11 is 5.98. The van der Waals surface area contributed by atoms with E-state index in [-0.39, 0.29) is 6.61 Å². The minimum atomic E-state index is -0.447. The van der Waals surface area contributed by atoms with Crippen LogP contribution in [0, 0.1) is 0 Å². The molecule has 0 aliphatic carbocycles. The van der Waals surface area contributed by atoms with Gasteiger partial charge in [-0.3, -0.25) is 4.57 Å². The van der Waals surface area contributed by atoms with Crippen molar-refractivity contribution in [3.8, 4) is 17.3 Å². The molecule has 2 aromatic heterocycles. The lowest BCUT2D eigenvalue weighted by atomic mass is 10.2. The number of hydrogen-bond acceptors (Lipinski definition) is 7. The molecular weight excluding hydrogens is 444 g/mol. The van der Waals surface area contributed by atoms with Gasteiger partial charge in [0.2, 0.25) is 0 Å². The van der Waals surface area contributed by atoms with Crippen LogP contribution >= 0.6 is 11.6 Å². The normalized spacial score (nSPS) is 10.8. The van der Waals surface area contributed by atoms with Gasteiger partial charge in [-0.2, -0.15) is 0 Å². The van der Waals surface area contributed by atoms with Crippen molar-refractivity contribution < 1.29 is 19.0 Å². The zero-order valence-electron chi connectivity index (χ0n) is 18.5. The monoisotopic (exact) mass is 466 g/mol. The van der Waals surface area contributed by atoms with Crippen molar-refractivity contribution in [3.05, 3.63) is 71.0 Å². The van der Waals surface area contributed by atoms with Crippen LogP contribution in [0.25, 0.3) is 16.9 Å². The van der Waals surface area contributed by atoms with Gasteiger partial charge in [0.1, 0.15) is 23.5 Å². The highest BCUT2D eigenvalue weighted by Gasteiger charge is 2.17. The first-order valence-corrected chi connectivity index (χ1v) is 10.7. The molecule has 0 aliphatic rings. The zero-order chi connectivity index (χ0) is 23.4. The number of anilines is 1. The Morgan fingerprint density at radius 1 is 1.06 bits per heavy atom. The maximum Gasteiger partial charge on any atom is 0.341 e. The SMILES string of the molecule is CCOC(=O)c1ccc(-n2cnc3cc(OC)c(OC)cc32)nc1NCc1ccc(Cl)cc1. The molecule has 0 saturated carbocycles. The Kier molecular flexibility index (Phi) is 6.65. The molecule has 33 heavy (non-hydrogen) atoms. The summed E-state index contributed by atoms with van der Waals surface area (Å²) in [7, 11) is 3.16. The molecule has 4 rings (SSSR count). The number of rotatable bonds is 8. The van der Waals surface area contributed by atoms with E-state index in [9.17, 15) is 4.79 Å². The van der Waals surface area contributed by atoms with Crippen LogP contribution in [0.3, 0.4) is 0 Å². The number of carbonyl (C=O) groups is 1. The minimum absolute atomic E-state index is 0.269.